The van der Waals surface area contributed by atoms with E-state index >= 15 is 0 Å². The second-order valence-electron chi connectivity index (χ2n) is 6.14. The number of nitrogens with zero attached hydrogens (tertiary/aromatic N) is 3. The Labute approximate surface area is 139 Å². The molecule has 3 aromatic rings. The van der Waals surface area contributed by atoms with Gasteiger partial charge in [0.2, 0.25) is 0 Å². The summed E-state index contributed by atoms with van der Waals surface area (Å²) in [6.45, 7) is 4.50. The van der Waals surface area contributed by atoms with Crippen molar-refractivity contribution < 1.29 is 4.74 Å². The average Bonchev–Trinajstić information content (AvgIpc) is 3.24. The van der Waals surface area contributed by atoms with Crippen LogP contribution in [-0.4, -0.2) is 33.2 Å². The van der Waals surface area contributed by atoms with Crippen LogP contribution < -0.4 is 0 Å². The molecule has 0 bridgehead atoms. The summed E-state index contributed by atoms with van der Waals surface area (Å²) in [4.78, 5) is 3.42. The third-order valence-electron chi connectivity index (χ3n) is 4.58. The largest absolute Gasteiger partial charge is 0.381 e. The van der Waals surface area contributed by atoms with Crippen LogP contribution in [-0.2, 0) is 17.7 Å². The molecule has 0 aliphatic carbocycles. The number of nitrogens with one attached hydrogen (secondary N) is 1. The summed E-state index contributed by atoms with van der Waals surface area (Å²) in [5.74, 6) is 0.400. The van der Waals surface area contributed by atoms with Crippen LogP contribution in [0, 0.1) is 6.92 Å². The summed E-state index contributed by atoms with van der Waals surface area (Å²) in [5, 5.41) is 10.5. The van der Waals surface area contributed by atoms with Crippen molar-refractivity contribution >= 4 is 22.5 Å². The number of aryl methyl sites for hydroxylation is 3. The van der Waals surface area contributed by atoms with Crippen LogP contribution in [0.1, 0.15) is 29.3 Å². The van der Waals surface area contributed by atoms with Crippen molar-refractivity contribution in [3.05, 3.63) is 46.4 Å². The molecule has 23 heavy (non-hydrogen) atoms. The molecule has 0 unspecified atom stereocenters. The molecule has 6 heteroatoms. The van der Waals surface area contributed by atoms with Crippen molar-refractivity contribution in [2.75, 3.05) is 13.2 Å². The molecule has 1 atom stereocenters. The molecular formula is C17H19ClN4O. The minimum atomic E-state index is 0.400. The maximum atomic E-state index is 6.14. The Bertz CT molecular complexity index is 832. The second kappa shape index (κ2) is 5.98. The SMILES string of the molecule is Cc1[nH]c2ccc(Cl)cc2c1CCn1cc([C@H]2CCOC2)nn1. The van der Waals surface area contributed by atoms with Crippen molar-refractivity contribution in [2.45, 2.75) is 32.2 Å². The Balaban J connectivity index is 1.53. The highest BCUT2D eigenvalue weighted by molar-refractivity contribution is 6.31. The van der Waals surface area contributed by atoms with Gasteiger partial charge >= 0.3 is 0 Å². The number of halogens is 1. The summed E-state index contributed by atoms with van der Waals surface area (Å²) in [6, 6.07) is 5.97. The van der Waals surface area contributed by atoms with Gasteiger partial charge in [-0.1, -0.05) is 16.8 Å². The highest BCUT2D eigenvalue weighted by Crippen LogP contribution is 2.26. The minimum absolute atomic E-state index is 0.400. The van der Waals surface area contributed by atoms with Crippen LogP contribution in [0.25, 0.3) is 10.9 Å². The first-order valence-corrected chi connectivity index (χ1v) is 8.33. The average molecular weight is 331 g/mol. The Hall–Kier alpha value is -1.85. The lowest BCUT2D eigenvalue weighted by Crippen LogP contribution is -2.03. The van der Waals surface area contributed by atoms with Crippen LogP contribution in [0.3, 0.4) is 0 Å². The summed E-state index contributed by atoms with van der Waals surface area (Å²) in [7, 11) is 0. The van der Waals surface area contributed by atoms with Gasteiger partial charge in [0.25, 0.3) is 0 Å². The van der Waals surface area contributed by atoms with E-state index in [1.165, 1.54) is 16.6 Å². The zero-order valence-corrected chi connectivity index (χ0v) is 13.8. The number of hydrogen-bond donors (Lipinski definition) is 1. The van der Waals surface area contributed by atoms with Crippen molar-refractivity contribution in [1.29, 1.82) is 0 Å². The minimum Gasteiger partial charge on any atom is -0.381 e. The second-order valence-corrected chi connectivity index (χ2v) is 6.57. The molecule has 1 saturated heterocycles. The fraction of sp³-hybridized carbons (Fsp3) is 0.412. The van der Waals surface area contributed by atoms with Gasteiger partial charge in [-0.3, -0.25) is 4.68 Å². The Kier molecular flexibility index (Phi) is 3.83. The quantitative estimate of drug-likeness (QED) is 0.797. The van der Waals surface area contributed by atoms with E-state index in [0.29, 0.717) is 5.92 Å². The van der Waals surface area contributed by atoms with E-state index in [0.717, 1.165) is 48.8 Å². The highest BCUT2D eigenvalue weighted by Gasteiger charge is 2.20. The van der Waals surface area contributed by atoms with Gasteiger partial charge in [0.05, 0.1) is 12.3 Å². The van der Waals surface area contributed by atoms with Gasteiger partial charge in [-0.25, -0.2) is 0 Å². The van der Waals surface area contributed by atoms with Crippen molar-refractivity contribution in [3.63, 3.8) is 0 Å². The standard InChI is InChI=1S/C17H19ClN4O/c1-11-14(15-8-13(18)2-3-16(15)19-11)4-6-22-9-17(20-21-22)12-5-7-23-10-12/h2-3,8-9,12,19H,4-7,10H2,1H3/t12-/m0/s1. The zero-order valence-electron chi connectivity index (χ0n) is 13.1. The van der Waals surface area contributed by atoms with Gasteiger partial charge in [0, 0.05) is 46.9 Å². The summed E-state index contributed by atoms with van der Waals surface area (Å²) < 4.78 is 7.35. The summed E-state index contributed by atoms with van der Waals surface area (Å²) in [5.41, 5.74) is 4.65. The first-order chi connectivity index (χ1) is 11.2. The molecule has 1 aromatic carbocycles. The van der Waals surface area contributed by atoms with Crippen LogP contribution in [0.5, 0.6) is 0 Å². The fourth-order valence-electron chi connectivity index (χ4n) is 3.28. The van der Waals surface area contributed by atoms with E-state index < -0.39 is 0 Å². The van der Waals surface area contributed by atoms with Gasteiger partial charge in [-0.2, -0.15) is 0 Å². The molecule has 0 saturated carbocycles. The topological polar surface area (TPSA) is 55.7 Å². The third-order valence-corrected chi connectivity index (χ3v) is 4.81. The van der Waals surface area contributed by atoms with E-state index in [2.05, 4.69) is 28.4 Å². The van der Waals surface area contributed by atoms with Crippen molar-refractivity contribution in [1.82, 2.24) is 20.0 Å². The normalized spacial score (nSPS) is 18.1. The number of hydrogen-bond acceptors (Lipinski definition) is 3. The molecule has 1 aliphatic heterocycles. The van der Waals surface area contributed by atoms with E-state index in [-0.39, 0.29) is 0 Å². The number of benzene rings is 1. The van der Waals surface area contributed by atoms with Crippen LogP contribution in [0.4, 0.5) is 0 Å². The Morgan fingerprint density at radius 1 is 1.43 bits per heavy atom. The number of ether oxygens (including phenoxy) is 1. The van der Waals surface area contributed by atoms with Gasteiger partial charge in [-0.15, -0.1) is 5.10 Å². The molecule has 5 nitrogen and oxygen atoms in total. The number of aromatic amines is 1. The van der Waals surface area contributed by atoms with Crippen molar-refractivity contribution in [2.24, 2.45) is 0 Å². The van der Waals surface area contributed by atoms with Crippen LogP contribution >= 0.6 is 11.6 Å². The molecule has 4 rings (SSSR count). The highest BCUT2D eigenvalue weighted by atomic mass is 35.5. The summed E-state index contributed by atoms with van der Waals surface area (Å²) in [6.07, 6.45) is 3.99. The van der Waals surface area contributed by atoms with Gasteiger partial charge < -0.3 is 9.72 Å². The maximum Gasteiger partial charge on any atom is 0.0881 e. The molecule has 2 aromatic heterocycles. The van der Waals surface area contributed by atoms with Gasteiger partial charge in [0.15, 0.2) is 0 Å². The molecule has 3 heterocycles. The Morgan fingerprint density at radius 2 is 2.35 bits per heavy atom. The summed E-state index contributed by atoms with van der Waals surface area (Å²) >= 11 is 6.14. The lowest BCUT2D eigenvalue weighted by atomic mass is 10.1. The molecule has 0 spiro atoms. The lowest BCUT2D eigenvalue weighted by molar-refractivity contribution is 0.193. The molecule has 0 radical (unpaired) electrons. The van der Waals surface area contributed by atoms with Gasteiger partial charge in [-0.05, 0) is 43.5 Å². The predicted octanol–water partition coefficient (Wildman–Crippen LogP) is 3.47. The predicted molar refractivity (Wildman–Crippen MR) is 89.9 cm³/mol. The molecule has 1 N–H and O–H groups in total. The molecular weight excluding hydrogens is 312 g/mol. The zero-order chi connectivity index (χ0) is 15.8. The molecule has 0 amide bonds. The molecule has 1 aliphatic rings. The van der Waals surface area contributed by atoms with Crippen LogP contribution in [0.2, 0.25) is 5.02 Å². The molecule has 1 fully saturated rings. The van der Waals surface area contributed by atoms with Crippen molar-refractivity contribution in [3.8, 4) is 0 Å². The number of aromatic nitrogens is 4. The Morgan fingerprint density at radius 3 is 3.17 bits per heavy atom. The third kappa shape index (κ3) is 2.86. The van der Waals surface area contributed by atoms with E-state index in [9.17, 15) is 0 Å². The smallest absolute Gasteiger partial charge is 0.0881 e. The fourth-order valence-corrected chi connectivity index (χ4v) is 3.45. The lowest BCUT2D eigenvalue weighted by Gasteiger charge is -2.03. The monoisotopic (exact) mass is 330 g/mol. The molecule has 120 valence electrons. The number of fused-ring (bicyclic) bond motifs is 1. The van der Waals surface area contributed by atoms with E-state index in [4.69, 9.17) is 16.3 Å². The first kappa shape index (κ1) is 14.7. The van der Waals surface area contributed by atoms with E-state index in [1.54, 1.807) is 0 Å². The van der Waals surface area contributed by atoms with Gasteiger partial charge in [0.1, 0.15) is 0 Å². The number of H-pyrrole nitrogens is 1. The van der Waals surface area contributed by atoms with E-state index in [1.807, 2.05) is 22.9 Å². The first-order valence-electron chi connectivity index (χ1n) is 7.95. The number of rotatable bonds is 4. The van der Waals surface area contributed by atoms with Crippen LogP contribution in [0.15, 0.2) is 24.4 Å². The maximum absolute atomic E-state index is 6.14.